The van der Waals surface area contributed by atoms with Crippen molar-refractivity contribution in [3.63, 3.8) is 0 Å². The van der Waals surface area contributed by atoms with E-state index >= 15 is 0 Å². The maximum Gasteiger partial charge on any atom is 0.148 e. The Kier molecular flexibility index (Phi) is 6.77. The molecular formula is C14H30N2O2S. The summed E-state index contributed by atoms with van der Waals surface area (Å²) < 4.78 is 22.0. The van der Waals surface area contributed by atoms with Crippen molar-refractivity contribution in [2.45, 2.75) is 39.5 Å². The van der Waals surface area contributed by atoms with Crippen LogP contribution in [0, 0.1) is 5.41 Å². The number of piperidine rings is 1. The van der Waals surface area contributed by atoms with Gasteiger partial charge in [-0.25, -0.2) is 8.42 Å². The molecule has 0 aromatic heterocycles. The molecule has 1 aliphatic heterocycles. The first-order valence-corrected chi connectivity index (χ1v) is 9.57. The highest BCUT2D eigenvalue weighted by Gasteiger charge is 2.30. The summed E-state index contributed by atoms with van der Waals surface area (Å²) in [5.41, 5.74) is 0.584. The molecule has 1 fully saturated rings. The summed E-state index contributed by atoms with van der Waals surface area (Å²) in [6, 6.07) is 0. The van der Waals surface area contributed by atoms with Crippen LogP contribution in [0.5, 0.6) is 0 Å². The van der Waals surface area contributed by atoms with E-state index < -0.39 is 9.84 Å². The van der Waals surface area contributed by atoms with Crippen molar-refractivity contribution in [2.24, 2.45) is 5.41 Å². The lowest BCUT2D eigenvalue weighted by molar-refractivity contribution is 0.0962. The number of hydrogen-bond donors (Lipinski definition) is 1. The molecule has 0 atom stereocenters. The third kappa shape index (κ3) is 6.23. The average molecular weight is 290 g/mol. The minimum atomic E-state index is -2.83. The van der Waals surface area contributed by atoms with Gasteiger partial charge in [0.25, 0.3) is 0 Å². The second-order valence-corrected chi connectivity index (χ2v) is 8.19. The van der Waals surface area contributed by atoms with E-state index in [0.717, 1.165) is 13.1 Å². The van der Waals surface area contributed by atoms with Crippen molar-refractivity contribution in [1.82, 2.24) is 10.2 Å². The van der Waals surface area contributed by atoms with E-state index in [0.29, 0.717) is 12.0 Å². The van der Waals surface area contributed by atoms with Gasteiger partial charge in [0.1, 0.15) is 9.84 Å². The zero-order valence-electron chi connectivity index (χ0n) is 12.7. The smallest absolute Gasteiger partial charge is 0.148 e. The third-order valence-electron chi connectivity index (χ3n) is 4.67. The Morgan fingerprint density at radius 2 is 1.68 bits per heavy atom. The predicted octanol–water partition coefficient (Wildman–Crippen LogP) is 1.52. The fourth-order valence-corrected chi connectivity index (χ4v) is 3.34. The van der Waals surface area contributed by atoms with Gasteiger partial charge in [-0.3, -0.25) is 0 Å². The van der Waals surface area contributed by atoms with E-state index in [4.69, 9.17) is 0 Å². The number of rotatable bonds is 8. The van der Waals surface area contributed by atoms with E-state index in [-0.39, 0.29) is 5.75 Å². The highest BCUT2D eigenvalue weighted by atomic mass is 32.2. The van der Waals surface area contributed by atoms with Crippen molar-refractivity contribution in [1.29, 1.82) is 0 Å². The van der Waals surface area contributed by atoms with Gasteiger partial charge in [-0.05, 0) is 31.3 Å². The summed E-state index contributed by atoms with van der Waals surface area (Å²) in [5, 5.41) is 3.22. The monoisotopic (exact) mass is 290 g/mol. The van der Waals surface area contributed by atoms with Crippen molar-refractivity contribution < 1.29 is 8.42 Å². The number of likely N-dealkylation sites (tertiary alicyclic amines) is 1. The zero-order valence-corrected chi connectivity index (χ0v) is 13.6. The van der Waals surface area contributed by atoms with Gasteiger partial charge in [0.05, 0.1) is 5.75 Å². The minimum absolute atomic E-state index is 0.238. The summed E-state index contributed by atoms with van der Waals surface area (Å²) >= 11 is 0. The molecule has 0 aliphatic carbocycles. The van der Waals surface area contributed by atoms with Crippen LogP contribution in [0.2, 0.25) is 0 Å². The SMILES string of the molecule is CCC1(CC)CCN(CCNCCS(C)(=O)=O)CC1. The van der Waals surface area contributed by atoms with Crippen molar-refractivity contribution in [3.8, 4) is 0 Å². The van der Waals surface area contributed by atoms with Gasteiger partial charge in [0.2, 0.25) is 0 Å². The second kappa shape index (κ2) is 7.60. The summed E-state index contributed by atoms with van der Waals surface area (Å²) in [6.45, 7) is 9.50. The van der Waals surface area contributed by atoms with Gasteiger partial charge in [-0.2, -0.15) is 0 Å². The first-order valence-electron chi connectivity index (χ1n) is 7.51. The second-order valence-electron chi connectivity index (χ2n) is 5.93. The van der Waals surface area contributed by atoms with E-state index in [1.807, 2.05) is 0 Å². The molecule has 1 heterocycles. The van der Waals surface area contributed by atoms with Gasteiger partial charge in [-0.15, -0.1) is 0 Å². The molecule has 0 amide bonds. The maximum absolute atomic E-state index is 11.0. The molecule has 1 saturated heterocycles. The van der Waals surface area contributed by atoms with Crippen LogP contribution >= 0.6 is 0 Å². The van der Waals surface area contributed by atoms with Crippen LogP contribution in [0.25, 0.3) is 0 Å². The Labute approximate surface area is 118 Å². The lowest BCUT2D eigenvalue weighted by Crippen LogP contribution is -2.42. The molecule has 0 saturated carbocycles. The third-order valence-corrected chi connectivity index (χ3v) is 5.62. The summed E-state index contributed by atoms with van der Waals surface area (Å²) in [6.07, 6.45) is 6.50. The Hall–Kier alpha value is -0.130. The molecule has 114 valence electrons. The number of nitrogens with one attached hydrogen (secondary N) is 1. The predicted molar refractivity (Wildman–Crippen MR) is 81.3 cm³/mol. The molecule has 0 aromatic rings. The van der Waals surface area contributed by atoms with Gasteiger partial charge in [-0.1, -0.05) is 26.7 Å². The van der Waals surface area contributed by atoms with Crippen LogP contribution < -0.4 is 5.32 Å². The molecule has 19 heavy (non-hydrogen) atoms. The first kappa shape index (κ1) is 16.9. The molecule has 0 bridgehead atoms. The van der Waals surface area contributed by atoms with Crippen molar-refractivity contribution in [2.75, 3.05) is 44.7 Å². The Bertz CT molecular complexity index is 340. The molecule has 0 radical (unpaired) electrons. The molecule has 1 rings (SSSR count). The molecule has 4 nitrogen and oxygen atoms in total. The first-order chi connectivity index (χ1) is 8.91. The molecule has 0 aromatic carbocycles. The van der Waals surface area contributed by atoms with E-state index in [1.54, 1.807) is 0 Å². The summed E-state index contributed by atoms with van der Waals surface area (Å²) in [4.78, 5) is 2.50. The zero-order chi connectivity index (χ0) is 14.4. The average Bonchev–Trinajstić information content (AvgIpc) is 2.38. The van der Waals surface area contributed by atoms with E-state index in [9.17, 15) is 8.42 Å². The van der Waals surface area contributed by atoms with Gasteiger partial charge < -0.3 is 10.2 Å². The fraction of sp³-hybridized carbons (Fsp3) is 1.00. The number of hydrogen-bond acceptors (Lipinski definition) is 4. The van der Waals surface area contributed by atoms with Crippen LogP contribution in [0.1, 0.15) is 39.5 Å². The topological polar surface area (TPSA) is 49.4 Å². The highest BCUT2D eigenvalue weighted by Crippen LogP contribution is 2.37. The molecular weight excluding hydrogens is 260 g/mol. The van der Waals surface area contributed by atoms with Crippen molar-refractivity contribution in [3.05, 3.63) is 0 Å². The lowest BCUT2D eigenvalue weighted by atomic mass is 9.74. The molecule has 0 spiro atoms. The molecule has 0 unspecified atom stereocenters. The molecule has 5 heteroatoms. The molecule has 1 N–H and O–H groups in total. The largest absolute Gasteiger partial charge is 0.314 e. The normalized spacial score (nSPS) is 20.6. The summed E-state index contributed by atoms with van der Waals surface area (Å²) in [5.74, 6) is 0.238. The quantitative estimate of drug-likeness (QED) is 0.689. The van der Waals surface area contributed by atoms with Crippen LogP contribution in [0.4, 0.5) is 0 Å². The highest BCUT2D eigenvalue weighted by molar-refractivity contribution is 7.90. The molecule has 1 aliphatic rings. The lowest BCUT2D eigenvalue weighted by Gasteiger charge is -2.41. The van der Waals surface area contributed by atoms with Crippen LogP contribution in [-0.4, -0.2) is 58.1 Å². The van der Waals surface area contributed by atoms with Crippen LogP contribution in [0.3, 0.4) is 0 Å². The van der Waals surface area contributed by atoms with Gasteiger partial charge >= 0.3 is 0 Å². The van der Waals surface area contributed by atoms with E-state index in [2.05, 4.69) is 24.1 Å². The van der Waals surface area contributed by atoms with Crippen LogP contribution in [-0.2, 0) is 9.84 Å². The van der Waals surface area contributed by atoms with E-state index in [1.165, 1.54) is 45.0 Å². The number of nitrogens with zero attached hydrogens (tertiary/aromatic N) is 1. The maximum atomic E-state index is 11.0. The minimum Gasteiger partial charge on any atom is -0.314 e. The Morgan fingerprint density at radius 3 is 2.16 bits per heavy atom. The Morgan fingerprint density at radius 1 is 1.11 bits per heavy atom. The summed E-state index contributed by atoms with van der Waals surface area (Å²) in [7, 11) is -2.83. The van der Waals surface area contributed by atoms with Gasteiger partial charge in [0.15, 0.2) is 0 Å². The number of sulfone groups is 1. The van der Waals surface area contributed by atoms with Crippen molar-refractivity contribution >= 4 is 9.84 Å². The standard InChI is InChI=1S/C14H30N2O2S/c1-4-14(5-2)6-10-16(11-7-14)12-8-15-9-13-19(3,17)18/h15H,4-13H2,1-3H3. The van der Waals surface area contributed by atoms with Gasteiger partial charge in [0, 0.05) is 25.9 Å². The van der Waals surface area contributed by atoms with Crippen LogP contribution in [0.15, 0.2) is 0 Å². The Balaban J connectivity index is 2.13. The fourth-order valence-electron chi connectivity index (χ4n) is 2.83.